The van der Waals surface area contributed by atoms with Gasteiger partial charge in [-0.2, -0.15) is 18.2 Å². The number of hydrogen-bond acceptors (Lipinski definition) is 8. The van der Waals surface area contributed by atoms with Crippen molar-refractivity contribution >= 4 is 40.8 Å². The predicted molar refractivity (Wildman–Crippen MR) is 135 cm³/mol. The van der Waals surface area contributed by atoms with E-state index in [9.17, 15) is 18.0 Å². The van der Waals surface area contributed by atoms with Gasteiger partial charge in [0.1, 0.15) is 11.4 Å². The standard InChI is InChI=1S/C24H29ClF3N7O2/c1-33-13-17-10-16(33)14-35(17)15-4-5-20(19(25)11-15)31-22-30-12-18(24(26,27)28)21(32-22)29-6-2-7-34-8-3-9-37-23(34)36/h4-5,11-12,16-17H,2-3,6-10,13-14H2,1H3,(H2,29,30,31,32)/t16-,17-/m1/s1. The number of nitrogens with zero attached hydrogens (tertiary/aromatic N) is 5. The van der Waals surface area contributed by atoms with Crippen molar-refractivity contribution in [2.24, 2.45) is 0 Å². The molecule has 3 saturated heterocycles. The molecule has 0 spiro atoms. The molecule has 0 unspecified atom stereocenters. The molecule has 2 aromatic rings. The normalized spacial score (nSPS) is 21.9. The van der Waals surface area contributed by atoms with E-state index < -0.39 is 17.8 Å². The first-order valence-electron chi connectivity index (χ1n) is 12.3. The van der Waals surface area contributed by atoms with Gasteiger partial charge in [-0.05, 0) is 44.5 Å². The Labute approximate surface area is 217 Å². The molecule has 4 heterocycles. The first-order chi connectivity index (χ1) is 17.7. The van der Waals surface area contributed by atoms with Crippen LogP contribution in [0.4, 0.5) is 41.1 Å². The van der Waals surface area contributed by atoms with Crippen molar-refractivity contribution in [3.8, 4) is 0 Å². The van der Waals surface area contributed by atoms with Gasteiger partial charge in [0.15, 0.2) is 0 Å². The minimum absolute atomic E-state index is 0.00777. The lowest BCUT2D eigenvalue weighted by atomic mass is 10.2. The Morgan fingerprint density at radius 2 is 2.08 bits per heavy atom. The molecule has 0 radical (unpaired) electrons. The van der Waals surface area contributed by atoms with Crippen LogP contribution in [0.3, 0.4) is 0 Å². The summed E-state index contributed by atoms with van der Waals surface area (Å²) >= 11 is 6.53. The number of likely N-dealkylation sites (N-methyl/N-ethyl adjacent to an activating group) is 1. The number of halogens is 4. The zero-order chi connectivity index (χ0) is 26.2. The molecule has 2 N–H and O–H groups in total. The molecule has 0 aliphatic carbocycles. The number of carbonyl (C=O) groups is 1. The Balaban J connectivity index is 1.25. The zero-order valence-electron chi connectivity index (χ0n) is 20.4. The van der Waals surface area contributed by atoms with E-state index in [1.807, 2.05) is 12.1 Å². The molecule has 37 heavy (non-hydrogen) atoms. The van der Waals surface area contributed by atoms with Crippen LogP contribution in [0.15, 0.2) is 24.4 Å². The molecule has 5 rings (SSSR count). The lowest BCUT2D eigenvalue weighted by Gasteiger charge is -2.33. The van der Waals surface area contributed by atoms with Crippen LogP contribution >= 0.6 is 11.6 Å². The van der Waals surface area contributed by atoms with Gasteiger partial charge < -0.3 is 25.2 Å². The average molecular weight is 540 g/mol. The van der Waals surface area contributed by atoms with Crippen LogP contribution in [0, 0.1) is 0 Å². The van der Waals surface area contributed by atoms with Crippen molar-refractivity contribution < 1.29 is 22.7 Å². The number of nitrogens with one attached hydrogen (secondary N) is 2. The van der Waals surface area contributed by atoms with Crippen molar-refractivity contribution in [2.45, 2.75) is 37.5 Å². The molecule has 200 valence electrons. The third-order valence-corrected chi connectivity index (χ3v) is 7.41. The molecule has 1 amide bonds. The summed E-state index contributed by atoms with van der Waals surface area (Å²) in [5.74, 6) is -0.345. The van der Waals surface area contributed by atoms with Crippen LogP contribution in [0.5, 0.6) is 0 Å². The molecular weight excluding hydrogens is 511 g/mol. The number of aromatic nitrogens is 2. The number of hydrogen-bond donors (Lipinski definition) is 2. The summed E-state index contributed by atoms with van der Waals surface area (Å²) in [6, 6.07) is 6.60. The molecule has 9 nitrogen and oxygen atoms in total. The van der Waals surface area contributed by atoms with Crippen molar-refractivity contribution in [1.29, 1.82) is 0 Å². The Hall–Kier alpha value is -2.99. The van der Waals surface area contributed by atoms with Gasteiger partial charge in [0.25, 0.3) is 0 Å². The number of amides is 1. The summed E-state index contributed by atoms with van der Waals surface area (Å²) in [6.07, 6.45) is -1.98. The predicted octanol–water partition coefficient (Wildman–Crippen LogP) is 4.43. The number of benzene rings is 1. The maximum Gasteiger partial charge on any atom is 0.421 e. The van der Waals surface area contributed by atoms with E-state index in [1.165, 1.54) is 0 Å². The SMILES string of the molecule is CN1C[C@H]2C[C@@H]1CN2c1ccc(Nc2ncc(C(F)(F)F)c(NCCCN3CCCOC3=O)n2)c(Cl)c1. The maximum atomic E-state index is 13.6. The Morgan fingerprint density at radius 1 is 1.24 bits per heavy atom. The molecule has 1 aromatic heterocycles. The van der Waals surface area contributed by atoms with E-state index in [2.05, 4.69) is 37.4 Å². The highest BCUT2D eigenvalue weighted by atomic mass is 35.5. The van der Waals surface area contributed by atoms with Crippen LogP contribution in [0.1, 0.15) is 24.8 Å². The number of likely N-dealkylation sites (tertiary alicyclic amines) is 1. The number of carbonyl (C=O) groups excluding carboxylic acids is 1. The van der Waals surface area contributed by atoms with Crippen molar-refractivity contribution in [1.82, 2.24) is 19.8 Å². The first-order valence-corrected chi connectivity index (χ1v) is 12.7. The van der Waals surface area contributed by atoms with Crippen LogP contribution in [-0.2, 0) is 10.9 Å². The number of ether oxygens (including phenoxy) is 1. The van der Waals surface area contributed by atoms with Crippen LogP contribution < -0.4 is 15.5 Å². The van der Waals surface area contributed by atoms with E-state index in [0.717, 1.165) is 37.8 Å². The Bertz CT molecular complexity index is 1150. The lowest BCUT2D eigenvalue weighted by molar-refractivity contribution is -0.137. The topological polar surface area (TPSA) is 85.9 Å². The van der Waals surface area contributed by atoms with Crippen molar-refractivity contribution in [2.75, 3.05) is 61.9 Å². The Kier molecular flexibility index (Phi) is 7.21. The summed E-state index contributed by atoms with van der Waals surface area (Å²) in [5, 5.41) is 6.12. The minimum atomic E-state index is -4.62. The molecule has 2 bridgehead atoms. The maximum absolute atomic E-state index is 13.6. The highest BCUT2D eigenvalue weighted by Gasteiger charge is 2.41. The second-order valence-corrected chi connectivity index (χ2v) is 10.0. The fourth-order valence-electron chi connectivity index (χ4n) is 5.15. The van der Waals surface area contributed by atoms with Crippen molar-refractivity contribution in [3.05, 3.63) is 35.0 Å². The number of alkyl halides is 3. The quantitative estimate of drug-likeness (QED) is 0.477. The van der Waals surface area contributed by atoms with Gasteiger partial charge in [-0.3, -0.25) is 4.90 Å². The summed E-state index contributed by atoms with van der Waals surface area (Å²) < 4.78 is 45.7. The summed E-state index contributed by atoms with van der Waals surface area (Å²) in [7, 11) is 2.14. The highest BCUT2D eigenvalue weighted by Crippen LogP contribution is 2.38. The average Bonchev–Trinajstić information content (AvgIpc) is 3.43. The second kappa shape index (κ2) is 10.4. The molecule has 3 fully saturated rings. The highest BCUT2D eigenvalue weighted by molar-refractivity contribution is 6.33. The van der Waals surface area contributed by atoms with Crippen LogP contribution in [0.25, 0.3) is 0 Å². The monoisotopic (exact) mass is 539 g/mol. The number of cyclic esters (lactones) is 1. The van der Waals surface area contributed by atoms with Gasteiger partial charge in [-0.15, -0.1) is 0 Å². The minimum Gasteiger partial charge on any atom is -0.449 e. The van der Waals surface area contributed by atoms with E-state index in [-0.39, 0.29) is 18.3 Å². The summed E-state index contributed by atoms with van der Waals surface area (Å²) in [4.78, 5) is 25.9. The van der Waals surface area contributed by atoms with E-state index >= 15 is 0 Å². The van der Waals surface area contributed by atoms with Gasteiger partial charge in [-0.25, -0.2) is 9.78 Å². The van der Waals surface area contributed by atoms with Crippen molar-refractivity contribution in [3.63, 3.8) is 0 Å². The number of rotatable bonds is 8. The van der Waals surface area contributed by atoms with E-state index in [0.29, 0.717) is 48.9 Å². The van der Waals surface area contributed by atoms with Gasteiger partial charge in [0.2, 0.25) is 5.95 Å². The molecule has 0 saturated carbocycles. The van der Waals surface area contributed by atoms with Gasteiger partial charge in [0, 0.05) is 56.7 Å². The second-order valence-electron chi connectivity index (χ2n) is 9.61. The lowest BCUT2D eigenvalue weighted by Crippen LogP contribution is -2.44. The smallest absolute Gasteiger partial charge is 0.421 e. The van der Waals surface area contributed by atoms with Crippen LogP contribution in [-0.4, -0.2) is 84.3 Å². The van der Waals surface area contributed by atoms with Gasteiger partial charge >= 0.3 is 12.3 Å². The van der Waals surface area contributed by atoms with E-state index in [4.69, 9.17) is 16.3 Å². The third-order valence-electron chi connectivity index (χ3n) is 7.09. The molecule has 3 aliphatic rings. The molecule has 1 aromatic carbocycles. The molecule has 13 heteroatoms. The molecule has 2 atom stereocenters. The van der Waals surface area contributed by atoms with Gasteiger partial charge in [-0.1, -0.05) is 11.6 Å². The van der Waals surface area contributed by atoms with Gasteiger partial charge in [0.05, 0.1) is 17.3 Å². The number of piperazine rings is 1. The van der Waals surface area contributed by atoms with E-state index in [1.54, 1.807) is 11.0 Å². The number of fused-ring (bicyclic) bond motifs is 2. The first kappa shape index (κ1) is 25.7. The zero-order valence-corrected chi connectivity index (χ0v) is 21.1. The summed E-state index contributed by atoms with van der Waals surface area (Å²) in [5.41, 5.74) is 0.552. The third kappa shape index (κ3) is 5.64. The molecular formula is C24H29ClF3N7O2. The fourth-order valence-corrected chi connectivity index (χ4v) is 5.37. The molecule has 3 aliphatic heterocycles. The Morgan fingerprint density at radius 3 is 2.76 bits per heavy atom. The fraction of sp³-hybridized carbons (Fsp3) is 0.542. The van der Waals surface area contributed by atoms with Crippen LogP contribution in [0.2, 0.25) is 5.02 Å². The number of anilines is 4. The largest absolute Gasteiger partial charge is 0.449 e. The summed E-state index contributed by atoms with van der Waals surface area (Å²) in [6.45, 7) is 3.48.